The number of nitrogens with zero attached hydrogens (tertiary/aromatic N) is 6. The van der Waals surface area contributed by atoms with Gasteiger partial charge >= 0.3 is 0 Å². The molecule has 8 nitrogen and oxygen atoms in total. The minimum Gasteiger partial charge on any atom is -0.481 e. The van der Waals surface area contributed by atoms with Gasteiger partial charge in [-0.05, 0) is 42.3 Å². The number of likely N-dealkylation sites (tertiary alicyclic amines) is 1. The van der Waals surface area contributed by atoms with E-state index in [-0.39, 0.29) is 0 Å². The van der Waals surface area contributed by atoms with E-state index < -0.39 is 0 Å². The van der Waals surface area contributed by atoms with Gasteiger partial charge in [-0.2, -0.15) is 5.21 Å². The van der Waals surface area contributed by atoms with Crippen molar-refractivity contribution in [3.05, 3.63) is 47.8 Å². The predicted molar refractivity (Wildman–Crippen MR) is 90.6 cm³/mol. The van der Waals surface area contributed by atoms with Crippen molar-refractivity contribution in [3.8, 4) is 17.4 Å². The van der Waals surface area contributed by atoms with Gasteiger partial charge in [0.1, 0.15) is 5.69 Å². The van der Waals surface area contributed by atoms with E-state index in [2.05, 4.69) is 41.6 Å². The molecule has 1 aliphatic rings. The van der Waals surface area contributed by atoms with E-state index in [1.54, 1.807) is 7.11 Å². The van der Waals surface area contributed by atoms with Crippen LogP contribution in [-0.2, 0) is 6.54 Å². The third-order valence-electron chi connectivity index (χ3n) is 4.46. The normalized spacial score (nSPS) is 17.7. The zero-order chi connectivity index (χ0) is 17.1. The minimum atomic E-state index is 0.356. The molecule has 3 aromatic rings. The van der Waals surface area contributed by atoms with Crippen molar-refractivity contribution in [1.29, 1.82) is 0 Å². The summed E-state index contributed by atoms with van der Waals surface area (Å²) in [5, 5.41) is 14.0. The molecular formula is C17H19N7O. The largest absolute Gasteiger partial charge is 0.481 e. The third-order valence-corrected chi connectivity index (χ3v) is 4.46. The lowest BCUT2D eigenvalue weighted by Crippen LogP contribution is -2.23. The first-order chi connectivity index (χ1) is 12.3. The Morgan fingerprint density at radius 1 is 1.28 bits per heavy atom. The number of ether oxygens (including phenoxy) is 1. The minimum absolute atomic E-state index is 0.356. The molecule has 0 amide bonds. The van der Waals surface area contributed by atoms with Crippen molar-refractivity contribution in [1.82, 2.24) is 35.5 Å². The zero-order valence-electron chi connectivity index (χ0n) is 14.0. The van der Waals surface area contributed by atoms with Crippen molar-refractivity contribution in [2.75, 3.05) is 13.7 Å². The van der Waals surface area contributed by atoms with Crippen LogP contribution in [0.4, 0.5) is 0 Å². The first kappa shape index (κ1) is 15.6. The van der Waals surface area contributed by atoms with Crippen LogP contribution in [0.1, 0.15) is 30.1 Å². The number of nitrogens with one attached hydrogen (secondary N) is 1. The number of aromatic nitrogens is 6. The second-order valence-electron chi connectivity index (χ2n) is 6.01. The number of hydrogen-bond donors (Lipinski definition) is 1. The molecule has 1 fully saturated rings. The van der Waals surface area contributed by atoms with E-state index >= 15 is 0 Å². The lowest BCUT2D eigenvalue weighted by atomic mass is 10.1. The van der Waals surface area contributed by atoms with Crippen LogP contribution < -0.4 is 4.74 Å². The quantitative estimate of drug-likeness (QED) is 0.761. The van der Waals surface area contributed by atoms with Crippen molar-refractivity contribution >= 4 is 0 Å². The summed E-state index contributed by atoms with van der Waals surface area (Å²) in [5.74, 6) is 1.15. The van der Waals surface area contributed by atoms with Gasteiger partial charge in [0, 0.05) is 24.8 Å². The number of rotatable bonds is 5. The summed E-state index contributed by atoms with van der Waals surface area (Å²) in [5.41, 5.74) is 2.94. The summed E-state index contributed by atoms with van der Waals surface area (Å²) in [7, 11) is 1.63. The Morgan fingerprint density at radius 3 is 3.00 bits per heavy atom. The second kappa shape index (κ2) is 6.94. The number of tetrazole rings is 1. The molecule has 0 aliphatic carbocycles. The van der Waals surface area contributed by atoms with E-state index in [0.717, 1.165) is 30.9 Å². The molecule has 1 atom stereocenters. The van der Waals surface area contributed by atoms with Gasteiger partial charge in [-0.3, -0.25) is 4.90 Å². The zero-order valence-corrected chi connectivity index (χ0v) is 14.0. The van der Waals surface area contributed by atoms with E-state index in [9.17, 15) is 0 Å². The predicted octanol–water partition coefficient (Wildman–Crippen LogP) is 2.00. The molecular weight excluding hydrogens is 318 g/mol. The van der Waals surface area contributed by atoms with Crippen LogP contribution in [0.15, 0.2) is 36.5 Å². The average Bonchev–Trinajstić information content (AvgIpc) is 3.34. The second-order valence-corrected chi connectivity index (χ2v) is 6.01. The maximum Gasteiger partial charge on any atom is 0.222 e. The molecule has 25 heavy (non-hydrogen) atoms. The molecule has 0 aromatic carbocycles. The van der Waals surface area contributed by atoms with Crippen LogP contribution in [0.25, 0.3) is 11.5 Å². The summed E-state index contributed by atoms with van der Waals surface area (Å²) in [4.78, 5) is 11.4. The van der Waals surface area contributed by atoms with Gasteiger partial charge in [0.25, 0.3) is 0 Å². The Kier molecular flexibility index (Phi) is 4.34. The molecule has 0 radical (unpaired) electrons. The molecule has 128 valence electrons. The average molecular weight is 337 g/mol. The van der Waals surface area contributed by atoms with Gasteiger partial charge in [-0.25, -0.2) is 9.97 Å². The molecule has 1 unspecified atom stereocenters. The number of pyridine rings is 2. The van der Waals surface area contributed by atoms with Crippen LogP contribution in [0.5, 0.6) is 5.88 Å². The molecule has 3 aromatic heterocycles. The molecule has 8 heteroatoms. The lowest BCUT2D eigenvalue weighted by Gasteiger charge is -2.24. The maximum atomic E-state index is 5.15. The van der Waals surface area contributed by atoms with Crippen molar-refractivity contribution in [3.63, 3.8) is 0 Å². The Hall–Kier alpha value is -2.87. The number of methoxy groups -OCH3 is 1. The van der Waals surface area contributed by atoms with Crippen molar-refractivity contribution in [2.24, 2.45) is 0 Å². The Bertz CT molecular complexity index is 819. The molecule has 1 aliphatic heterocycles. The summed E-state index contributed by atoms with van der Waals surface area (Å²) in [6.07, 6.45) is 4.20. The fourth-order valence-corrected chi connectivity index (χ4v) is 3.27. The van der Waals surface area contributed by atoms with Crippen molar-refractivity contribution < 1.29 is 4.74 Å². The van der Waals surface area contributed by atoms with Gasteiger partial charge in [0.2, 0.25) is 11.7 Å². The highest BCUT2D eigenvalue weighted by Gasteiger charge is 2.26. The lowest BCUT2D eigenvalue weighted by molar-refractivity contribution is 0.245. The van der Waals surface area contributed by atoms with Gasteiger partial charge in [0.15, 0.2) is 0 Å². The Morgan fingerprint density at radius 2 is 2.24 bits per heavy atom. The fraction of sp³-hybridized carbons (Fsp3) is 0.353. The first-order valence-electron chi connectivity index (χ1n) is 8.27. The Balaban J connectivity index is 1.52. The summed E-state index contributed by atoms with van der Waals surface area (Å²) < 4.78 is 5.15. The van der Waals surface area contributed by atoms with E-state index in [1.807, 2.05) is 30.5 Å². The molecule has 4 heterocycles. The van der Waals surface area contributed by atoms with E-state index in [1.165, 1.54) is 12.0 Å². The number of H-pyrrole nitrogens is 1. The highest BCUT2D eigenvalue weighted by molar-refractivity contribution is 5.47. The fourth-order valence-electron chi connectivity index (χ4n) is 3.27. The molecule has 0 saturated carbocycles. The highest BCUT2D eigenvalue weighted by atomic mass is 16.5. The van der Waals surface area contributed by atoms with Gasteiger partial charge < -0.3 is 4.74 Å². The third kappa shape index (κ3) is 3.34. The summed E-state index contributed by atoms with van der Waals surface area (Å²) in [6, 6.07) is 10.3. The van der Waals surface area contributed by atoms with Crippen molar-refractivity contribution in [2.45, 2.75) is 25.4 Å². The standard InChI is InChI=1S/C17H19N7O/c1-25-16-8-7-12(10-18-16)15-6-3-9-24(15)11-13-4-2-5-14(19-13)17-20-22-23-21-17/h2,4-5,7-8,10,15H,3,6,9,11H2,1H3,(H,20,21,22,23). The van der Waals surface area contributed by atoms with Crippen LogP contribution in [0.2, 0.25) is 0 Å². The van der Waals surface area contributed by atoms with Crippen LogP contribution in [0, 0.1) is 0 Å². The van der Waals surface area contributed by atoms with Gasteiger partial charge in [-0.1, -0.05) is 12.1 Å². The SMILES string of the molecule is COc1ccc(C2CCCN2Cc2cccc(-c3nn[nH]n3)n2)cn1. The topological polar surface area (TPSA) is 92.7 Å². The van der Waals surface area contributed by atoms with Crippen LogP contribution in [-0.4, -0.2) is 49.1 Å². The summed E-state index contributed by atoms with van der Waals surface area (Å²) in [6.45, 7) is 1.83. The number of hydrogen-bond acceptors (Lipinski definition) is 7. The Labute approximate surface area is 145 Å². The van der Waals surface area contributed by atoms with Gasteiger partial charge in [-0.15, -0.1) is 10.2 Å². The smallest absolute Gasteiger partial charge is 0.222 e. The van der Waals surface area contributed by atoms with E-state index in [0.29, 0.717) is 17.7 Å². The monoisotopic (exact) mass is 337 g/mol. The first-order valence-corrected chi connectivity index (χ1v) is 8.27. The number of aromatic amines is 1. The molecule has 4 rings (SSSR count). The van der Waals surface area contributed by atoms with Crippen LogP contribution in [0.3, 0.4) is 0 Å². The maximum absolute atomic E-state index is 5.15. The molecule has 0 spiro atoms. The van der Waals surface area contributed by atoms with Crippen LogP contribution >= 0.6 is 0 Å². The molecule has 1 N–H and O–H groups in total. The van der Waals surface area contributed by atoms with E-state index in [4.69, 9.17) is 4.74 Å². The molecule has 0 bridgehead atoms. The molecule has 1 saturated heterocycles. The van der Waals surface area contributed by atoms with Gasteiger partial charge in [0.05, 0.1) is 12.8 Å². The summed E-state index contributed by atoms with van der Waals surface area (Å²) >= 11 is 0. The highest BCUT2D eigenvalue weighted by Crippen LogP contribution is 2.33.